The van der Waals surface area contributed by atoms with Gasteiger partial charge in [-0.15, -0.1) is 0 Å². The predicted octanol–water partition coefficient (Wildman–Crippen LogP) is 3.85. The third kappa shape index (κ3) is 3.96. The summed E-state index contributed by atoms with van der Waals surface area (Å²) in [6.07, 6.45) is 5.18. The lowest BCUT2D eigenvalue weighted by atomic mass is 9.97. The van der Waals surface area contributed by atoms with Crippen LogP contribution in [-0.2, 0) is 0 Å². The van der Waals surface area contributed by atoms with E-state index in [-0.39, 0.29) is 11.8 Å². The van der Waals surface area contributed by atoms with Crippen molar-refractivity contribution in [2.24, 2.45) is 0 Å². The van der Waals surface area contributed by atoms with Crippen LogP contribution < -0.4 is 0 Å². The summed E-state index contributed by atoms with van der Waals surface area (Å²) >= 11 is 0. The van der Waals surface area contributed by atoms with Gasteiger partial charge in [-0.1, -0.05) is 35.0 Å². The number of likely N-dealkylation sites (tertiary alicyclic amines) is 1. The molecule has 3 aromatic heterocycles. The first-order valence-electron chi connectivity index (χ1n) is 10.3. The smallest absolute Gasteiger partial charge is 0.271 e. The minimum absolute atomic E-state index is 0.00936. The van der Waals surface area contributed by atoms with Gasteiger partial charge in [0.25, 0.3) is 5.91 Å². The summed E-state index contributed by atoms with van der Waals surface area (Å²) < 4.78 is 5.52. The van der Waals surface area contributed by atoms with Crippen molar-refractivity contribution in [2.75, 3.05) is 13.1 Å². The topological polar surface area (TPSA) is 101 Å². The van der Waals surface area contributed by atoms with E-state index in [0.29, 0.717) is 30.5 Å². The number of carbonyl (C=O) groups excluding carboxylic acids is 1. The fourth-order valence-corrected chi connectivity index (χ4v) is 3.85. The molecule has 4 heterocycles. The van der Waals surface area contributed by atoms with Crippen LogP contribution in [0.2, 0.25) is 0 Å². The third-order valence-electron chi connectivity index (χ3n) is 5.57. The molecule has 1 unspecified atom stereocenters. The fraction of sp³-hybridized carbons (Fsp3) is 0.261. The minimum atomic E-state index is -0.0671. The van der Waals surface area contributed by atoms with Crippen LogP contribution in [0.5, 0.6) is 0 Å². The molecule has 0 bridgehead atoms. The van der Waals surface area contributed by atoms with Crippen LogP contribution in [0.25, 0.3) is 22.6 Å². The largest absolute Gasteiger partial charge is 0.339 e. The Hall–Kier alpha value is -3.81. The highest BCUT2D eigenvalue weighted by Crippen LogP contribution is 2.28. The molecular formula is C23H22N6O2. The average Bonchev–Trinajstić information content (AvgIpc) is 3.50. The quantitative estimate of drug-likeness (QED) is 0.544. The van der Waals surface area contributed by atoms with Gasteiger partial charge in [0.05, 0.1) is 11.6 Å². The maximum absolute atomic E-state index is 13.1. The van der Waals surface area contributed by atoms with E-state index >= 15 is 0 Å². The number of hydrogen-bond acceptors (Lipinski definition) is 6. The Morgan fingerprint density at radius 1 is 1.19 bits per heavy atom. The molecule has 1 N–H and O–H groups in total. The number of aryl methyl sites for hydroxylation is 1. The number of hydrogen-bond donors (Lipinski definition) is 1. The molecule has 1 saturated heterocycles. The molecule has 1 aliphatic rings. The van der Waals surface area contributed by atoms with Gasteiger partial charge < -0.3 is 9.42 Å². The van der Waals surface area contributed by atoms with Crippen molar-refractivity contribution in [3.8, 4) is 22.6 Å². The summed E-state index contributed by atoms with van der Waals surface area (Å²) in [6.45, 7) is 3.27. The van der Waals surface area contributed by atoms with Gasteiger partial charge in [0.2, 0.25) is 11.7 Å². The van der Waals surface area contributed by atoms with Crippen molar-refractivity contribution < 1.29 is 9.32 Å². The van der Waals surface area contributed by atoms with Gasteiger partial charge in [0, 0.05) is 36.6 Å². The number of nitrogens with one attached hydrogen (secondary N) is 1. The van der Waals surface area contributed by atoms with E-state index in [1.54, 1.807) is 12.4 Å². The van der Waals surface area contributed by atoms with Crippen LogP contribution in [0, 0.1) is 6.92 Å². The molecule has 4 aromatic rings. The summed E-state index contributed by atoms with van der Waals surface area (Å²) in [5.74, 6) is 1.02. The van der Waals surface area contributed by atoms with Crippen LogP contribution >= 0.6 is 0 Å². The molecular weight excluding hydrogens is 392 g/mol. The van der Waals surface area contributed by atoms with Crippen LogP contribution in [0.15, 0.2) is 59.4 Å². The summed E-state index contributed by atoms with van der Waals surface area (Å²) in [7, 11) is 0. The Labute approximate surface area is 179 Å². The Morgan fingerprint density at radius 2 is 2.06 bits per heavy atom. The van der Waals surface area contributed by atoms with E-state index in [4.69, 9.17) is 4.52 Å². The summed E-state index contributed by atoms with van der Waals surface area (Å²) in [5.41, 5.74) is 4.21. The Kier molecular flexibility index (Phi) is 5.03. The molecule has 5 rings (SSSR count). The molecule has 8 heteroatoms. The van der Waals surface area contributed by atoms with E-state index in [2.05, 4.69) is 25.3 Å². The minimum Gasteiger partial charge on any atom is -0.339 e. The Balaban J connectivity index is 1.30. The molecule has 0 saturated carbocycles. The Bertz CT molecular complexity index is 1180. The number of H-pyrrole nitrogens is 1. The molecule has 0 spiro atoms. The highest BCUT2D eigenvalue weighted by molar-refractivity contribution is 5.93. The van der Waals surface area contributed by atoms with Crippen LogP contribution in [0.4, 0.5) is 0 Å². The lowest BCUT2D eigenvalue weighted by Crippen LogP contribution is -2.39. The van der Waals surface area contributed by atoms with Crippen molar-refractivity contribution in [3.05, 3.63) is 72.0 Å². The number of pyridine rings is 1. The fourth-order valence-electron chi connectivity index (χ4n) is 3.85. The van der Waals surface area contributed by atoms with Crippen molar-refractivity contribution in [1.82, 2.24) is 30.2 Å². The first-order valence-corrected chi connectivity index (χ1v) is 10.3. The zero-order chi connectivity index (χ0) is 21.2. The highest BCUT2D eigenvalue weighted by Gasteiger charge is 2.30. The number of benzene rings is 1. The summed E-state index contributed by atoms with van der Waals surface area (Å²) in [4.78, 5) is 23.6. The molecule has 31 heavy (non-hydrogen) atoms. The second-order valence-electron chi connectivity index (χ2n) is 7.82. The van der Waals surface area contributed by atoms with Crippen LogP contribution in [-0.4, -0.2) is 49.2 Å². The number of aromatic amines is 1. The number of nitrogens with zero attached hydrogens (tertiary/aromatic N) is 5. The normalized spacial score (nSPS) is 16.4. The molecule has 8 nitrogen and oxygen atoms in total. The van der Waals surface area contributed by atoms with Crippen LogP contribution in [0.1, 0.15) is 40.7 Å². The van der Waals surface area contributed by atoms with Gasteiger partial charge in [-0.05, 0) is 38.0 Å². The third-order valence-corrected chi connectivity index (χ3v) is 5.57. The first-order chi connectivity index (χ1) is 15.2. The van der Waals surface area contributed by atoms with E-state index < -0.39 is 0 Å². The van der Waals surface area contributed by atoms with Crippen molar-refractivity contribution in [1.29, 1.82) is 0 Å². The number of rotatable bonds is 4. The van der Waals surface area contributed by atoms with E-state index in [0.717, 1.165) is 29.7 Å². The van der Waals surface area contributed by atoms with E-state index in [1.807, 2.05) is 54.3 Å². The standard InChI is InChI=1S/C23H22N6O2/c1-15-6-8-16(9-7-15)19-12-20(27-26-19)23(30)29-11-3-5-18(14-29)22-25-21(28-31-22)17-4-2-10-24-13-17/h2,4,6-10,12-13,18H,3,5,11,14H2,1H3,(H,26,27). The SMILES string of the molecule is Cc1ccc(-c2cc(C(=O)N3CCCC(c4nc(-c5cccnc5)no4)C3)[nH]n2)cc1. The number of carbonyl (C=O) groups is 1. The number of aromatic nitrogens is 5. The van der Waals surface area contributed by atoms with Crippen molar-refractivity contribution >= 4 is 5.91 Å². The van der Waals surface area contributed by atoms with Crippen molar-refractivity contribution in [2.45, 2.75) is 25.7 Å². The number of amides is 1. The molecule has 156 valence electrons. The second kappa shape index (κ2) is 8.14. The molecule has 0 radical (unpaired) electrons. The molecule has 1 aliphatic heterocycles. The summed E-state index contributed by atoms with van der Waals surface area (Å²) in [6, 6.07) is 13.6. The van der Waals surface area contributed by atoms with E-state index in [1.165, 1.54) is 5.56 Å². The van der Waals surface area contributed by atoms with Gasteiger partial charge in [-0.3, -0.25) is 14.9 Å². The molecule has 0 aliphatic carbocycles. The lowest BCUT2D eigenvalue weighted by Gasteiger charge is -2.30. The molecule has 1 aromatic carbocycles. The Morgan fingerprint density at radius 3 is 2.87 bits per heavy atom. The molecule has 1 atom stereocenters. The molecule has 1 amide bonds. The highest BCUT2D eigenvalue weighted by atomic mass is 16.5. The second-order valence-corrected chi connectivity index (χ2v) is 7.82. The van der Waals surface area contributed by atoms with Gasteiger partial charge >= 0.3 is 0 Å². The van der Waals surface area contributed by atoms with Gasteiger partial charge in [0.1, 0.15) is 5.69 Å². The monoisotopic (exact) mass is 414 g/mol. The maximum atomic E-state index is 13.1. The van der Waals surface area contributed by atoms with E-state index in [9.17, 15) is 4.79 Å². The van der Waals surface area contributed by atoms with Gasteiger partial charge in [0.15, 0.2) is 0 Å². The first kappa shape index (κ1) is 19.2. The van der Waals surface area contributed by atoms with Gasteiger partial charge in [-0.25, -0.2) is 0 Å². The lowest BCUT2D eigenvalue weighted by molar-refractivity contribution is 0.0689. The maximum Gasteiger partial charge on any atom is 0.271 e. The number of piperidine rings is 1. The zero-order valence-electron chi connectivity index (χ0n) is 17.2. The van der Waals surface area contributed by atoms with Crippen LogP contribution in [0.3, 0.4) is 0 Å². The predicted molar refractivity (Wildman–Crippen MR) is 114 cm³/mol. The van der Waals surface area contributed by atoms with Crippen molar-refractivity contribution in [3.63, 3.8) is 0 Å². The molecule has 1 fully saturated rings. The zero-order valence-corrected chi connectivity index (χ0v) is 17.2. The average molecular weight is 414 g/mol. The van der Waals surface area contributed by atoms with Gasteiger partial charge in [-0.2, -0.15) is 10.1 Å². The summed E-state index contributed by atoms with van der Waals surface area (Å²) in [5, 5.41) is 11.3.